The van der Waals surface area contributed by atoms with Crippen LogP contribution in [0.2, 0.25) is 0 Å². The van der Waals surface area contributed by atoms with E-state index in [0.29, 0.717) is 31.6 Å². The van der Waals surface area contributed by atoms with Gasteiger partial charge in [0.15, 0.2) is 6.29 Å². The van der Waals surface area contributed by atoms with Crippen molar-refractivity contribution in [3.8, 4) is 11.1 Å². The van der Waals surface area contributed by atoms with Gasteiger partial charge in [-0.05, 0) is 97.9 Å². The highest BCUT2D eigenvalue weighted by atomic mass is 16.7. The highest BCUT2D eigenvalue weighted by Gasteiger charge is 2.46. The summed E-state index contributed by atoms with van der Waals surface area (Å²) in [5.41, 5.74) is 6.59. The van der Waals surface area contributed by atoms with Gasteiger partial charge in [0, 0.05) is 42.7 Å². The molecule has 3 fully saturated rings. The first-order chi connectivity index (χ1) is 27.5. The maximum Gasteiger partial charge on any atom is 0.315 e. The Morgan fingerprint density at radius 3 is 2.16 bits per heavy atom. The Morgan fingerprint density at radius 1 is 0.737 bits per heavy atom. The lowest BCUT2D eigenvalue weighted by molar-refractivity contribution is -0.278. The van der Waals surface area contributed by atoms with Crippen molar-refractivity contribution in [2.75, 3.05) is 6.54 Å². The van der Waals surface area contributed by atoms with E-state index in [2.05, 4.69) is 91.0 Å². The first kappa shape index (κ1) is 40.6. The fraction of sp³-hybridized carbons (Fsp3) is 0.458. The molecule has 2 heterocycles. The van der Waals surface area contributed by atoms with Gasteiger partial charge in [-0.25, -0.2) is 4.79 Å². The molecule has 1 aliphatic carbocycles. The molecule has 2 saturated heterocycles. The second-order valence-corrected chi connectivity index (χ2v) is 17.3. The first-order valence-electron chi connectivity index (χ1n) is 20.9. The summed E-state index contributed by atoms with van der Waals surface area (Å²) in [5.74, 6) is 0.696. The number of nitrogens with zero attached hydrogens (tertiary/aromatic N) is 1. The number of ether oxygens (including phenoxy) is 2. The van der Waals surface area contributed by atoms with Crippen molar-refractivity contribution in [2.45, 2.75) is 122 Å². The monoisotopic (exact) mass is 772 g/mol. The minimum Gasteiger partial charge on any atom is -0.392 e. The summed E-state index contributed by atoms with van der Waals surface area (Å²) in [6.07, 6.45) is 5.59. The number of aliphatic hydroxyl groups is 1. The predicted octanol–water partition coefficient (Wildman–Crippen LogP) is 8.57. The minimum absolute atomic E-state index is 0.00576. The van der Waals surface area contributed by atoms with Gasteiger partial charge in [-0.2, -0.15) is 0 Å². The highest BCUT2D eigenvalue weighted by Crippen LogP contribution is 2.45. The number of nitrogens with one attached hydrogen (secondary N) is 3. The third-order valence-corrected chi connectivity index (χ3v) is 12.0. The number of hydrogen-bond acceptors (Lipinski definition) is 6. The normalized spacial score (nSPS) is 25.2. The van der Waals surface area contributed by atoms with E-state index < -0.39 is 6.29 Å². The minimum atomic E-state index is -0.638. The standard InChI is InChI=1S/C48H60N4O5/c1-32-43(30-52-41-19-9-8-15-36(41)24-25-42(52)45(54)51-48(2,3)4)56-46(57-44(32)37-22-20-34(31-53)21-23-37)40-18-11-17-39(27-40)38-16-10-14-35(26-38)29-50-47(55)49-28-33-12-6-5-7-13-33/h5-7,10-14,16-18,20-23,26-27,32,36,41-44,46,53H,8-9,15,19,24-25,28-31H2,1-4H3,(H,51,54)(H2,49,50,55)/t32-,36+,41+,42+,43+,44+,46+/m0/s1. The molecular weight excluding hydrogens is 713 g/mol. The number of rotatable bonds is 11. The molecule has 3 aliphatic rings. The molecule has 3 amide bonds. The Kier molecular flexibility index (Phi) is 13.1. The van der Waals surface area contributed by atoms with Gasteiger partial charge in [0.05, 0.1) is 24.9 Å². The lowest BCUT2D eigenvalue weighted by Crippen LogP contribution is -2.61. The summed E-state index contributed by atoms with van der Waals surface area (Å²) < 4.78 is 13.9. The Hall–Kier alpha value is -4.54. The molecule has 7 rings (SSSR count). The topological polar surface area (TPSA) is 112 Å². The van der Waals surface area contributed by atoms with Gasteiger partial charge in [0.1, 0.15) is 0 Å². The largest absolute Gasteiger partial charge is 0.392 e. The number of urea groups is 1. The van der Waals surface area contributed by atoms with Gasteiger partial charge in [0.2, 0.25) is 5.91 Å². The predicted molar refractivity (Wildman–Crippen MR) is 224 cm³/mol. The molecule has 4 N–H and O–H groups in total. The van der Waals surface area contributed by atoms with Crippen LogP contribution in [0.4, 0.5) is 4.79 Å². The van der Waals surface area contributed by atoms with E-state index in [-0.39, 0.29) is 48.3 Å². The molecular formula is C48H60N4O5. The number of piperidine rings is 1. The fourth-order valence-electron chi connectivity index (χ4n) is 9.01. The summed E-state index contributed by atoms with van der Waals surface area (Å²) in [7, 11) is 0. The molecule has 4 aromatic carbocycles. The average Bonchev–Trinajstić information content (AvgIpc) is 3.23. The number of fused-ring (bicyclic) bond motifs is 1. The number of hydrogen-bond donors (Lipinski definition) is 4. The summed E-state index contributed by atoms with van der Waals surface area (Å²) >= 11 is 0. The molecule has 1 saturated carbocycles. The van der Waals surface area contributed by atoms with Gasteiger partial charge >= 0.3 is 6.03 Å². The van der Waals surface area contributed by atoms with Crippen molar-refractivity contribution in [3.63, 3.8) is 0 Å². The van der Waals surface area contributed by atoms with Crippen LogP contribution in [-0.4, -0.2) is 52.2 Å². The molecule has 2 aliphatic heterocycles. The Balaban J connectivity index is 1.12. The van der Waals surface area contributed by atoms with Crippen molar-refractivity contribution >= 4 is 11.9 Å². The summed E-state index contributed by atoms with van der Waals surface area (Å²) in [4.78, 5) is 29.0. The molecule has 0 unspecified atom stereocenters. The molecule has 7 atom stereocenters. The van der Waals surface area contributed by atoms with E-state index in [9.17, 15) is 14.7 Å². The fourth-order valence-corrected chi connectivity index (χ4v) is 9.01. The zero-order valence-electron chi connectivity index (χ0n) is 34.0. The number of amides is 3. The Labute approximate surface area is 338 Å². The van der Waals surface area contributed by atoms with Crippen LogP contribution in [0.5, 0.6) is 0 Å². The smallest absolute Gasteiger partial charge is 0.315 e. The summed E-state index contributed by atoms with van der Waals surface area (Å²) in [6.45, 7) is 9.84. The molecule has 57 heavy (non-hydrogen) atoms. The van der Waals surface area contributed by atoms with Crippen molar-refractivity contribution < 1.29 is 24.2 Å². The van der Waals surface area contributed by atoms with Crippen LogP contribution in [0.25, 0.3) is 11.1 Å². The summed E-state index contributed by atoms with van der Waals surface area (Å²) in [6, 6.07) is 34.4. The van der Waals surface area contributed by atoms with E-state index in [1.165, 1.54) is 19.3 Å². The summed E-state index contributed by atoms with van der Waals surface area (Å²) in [5, 5.41) is 19.0. The number of aliphatic hydroxyl groups excluding tert-OH is 1. The molecule has 0 aromatic heterocycles. The highest BCUT2D eigenvalue weighted by molar-refractivity contribution is 5.82. The Morgan fingerprint density at radius 2 is 1.42 bits per heavy atom. The SMILES string of the molecule is C[C@H]1[C@@H](CN2[C@@H](C(=O)NC(C)(C)C)CC[C@H]3CCCC[C@H]32)O[C@@H](c2cccc(-c3cccc(CNC(=O)NCc4ccccc4)c3)c2)O[C@H]1c1ccc(CO)cc1. The first-order valence-corrected chi connectivity index (χ1v) is 20.9. The Bertz CT molecular complexity index is 1950. The van der Waals surface area contributed by atoms with E-state index in [1.54, 1.807) is 0 Å². The van der Waals surface area contributed by atoms with Gasteiger partial charge < -0.3 is 30.5 Å². The lowest BCUT2D eigenvalue weighted by Gasteiger charge is -2.51. The van der Waals surface area contributed by atoms with Gasteiger partial charge in [-0.3, -0.25) is 9.69 Å². The van der Waals surface area contributed by atoms with Crippen molar-refractivity contribution in [1.82, 2.24) is 20.9 Å². The van der Waals surface area contributed by atoms with Crippen molar-refractivity contribution in [1.29, 1.82) is 0 Å². The molecule has 9 nitrogen and oxygen atoms in total. The quantitative estimate of drug-likeness (QED) is 0.122. The maximum atomic E-state index is 13.9. The molecule has 0 bridgehead atoms. The zero-order valence-corrected chi connectivity index (χ0v) is 34.0. The van der Waals surface area contributed by atoms with Crippen LogP contribution in [-0.2, 0) is 34.0 Å². The van der Waals surface area contributed by atoms with Crippen LogP contribution in [0.3, 0.4) is 0 Å². The van der Waals surface area contributed by atoms with Crippen LogP contribution in [0.15, 0.2) is 103 Å². The number of carbonyl (C=O) groups excluding carboxylic acids is 2. The van der Waals surface area contributed by atoms with E-state index in [1.807, 2.05) is 60.7 Å². The second-order valence-electron chi connectivity index (χ2n) is 17.3. The molecule has 302 valence electrons. The number of likely N-dealkylation sites (tertiary alicyclic amines) is 1. The third-order valence-electron chi connectivity index (χ3n) is 12.0. The molecule has 4 aromatic rings. The van der Waals surface area contributed by atoms with Crippen LogP contribution in [0.1, 0.15) is 106 Å². The van der Waals surface area contributed by atoms with E-state index in [4.69, 9.17) is 9.47 Å². The van der Waals surface area contributed by atoms with Gasteiger partial charge in [0.25, 0.3) is 0 Å². The maximum absolute atomic E-state index is 13.9. The number of carbonyl (C=O) groups is 2. The average molecular weight is 773 g/mol. The molecule has 0 radical (unpaired) electrons. The molecule has 9 heteroatoms. The van der Waals surface area contributed by atoms with Crippen LogP contribution in [0, 0.1) is 11.8 Å². The van der Waals surface area contributed by atoms with Gasteiger partial charge in [-0.15, -0.1) is 0 Å². The van der Waals surface area contributed by atoms with Crippen LogP contribution < -0.4 is 16.0 Å². The third kappa shape index (κ3) is 10.3. The van der Waals surface area contributed by atoms with Crippen molar-refractivity contribution in [2.24, 2.45) is 11.8 Å². The lowest BCUT2D eigenvalue weighted by atomic mass is 9.75. The van der Waals surface area contributed by atoms with E-state index >= 15 is 0 Å². The number of benzene rings is 4. The zero-order chi connectivity index (χ0) is 39.9. The molecule has 0 spiro atoms. The van der Waals surface area contributed by atoms with Gasteiger partial charge in [-0.1, -0.05) is 111 Å². The van der Waals surface area contributed by atoms with E-state index in [0.717, 1.165) is 58.2 Å². The van der Waals surface area contributed by atoms with Crippen LogP contribution >= 0.6 is 0 Å². The van der Waals surface area contributed by atoms with Crippen molar-refractivity contribution in [3.05, 3.63) is 131 Å². The second kappa shape index (κ2) is 18.4.